The van der Waals surface area contributed by atoms with Crippen LogP contribution in [0.5, 0.6) is 0 Å². The Morgan fingerprint density at radius 3 is 1.90 bits per heavy atom. The number of carbonyl (C=O) groups is 3. The van der Waals surface area contributed by atoms with Gasteiger partial charge in [-0.05, 0) is 63.2 Å². The highest BCUT2D eigenvalue weighted by atomic mass is 19.4. The second-order valence-electron chi connectivity index (χ2n) is 7.53. The Morgan fingerprint density at radius 1 is 0.828 bits per heavy atom. The maximum atomic E-state index is 12.6. The molecule has 0 aliphatic carbocycles. The molecule has 0 saturated heterocycles. The van der Waals surface area contributed by atoms with Crippen LogP contribution in [-0.4, -0.2) is 28.3 Å². The molecular weight excluding hydrogens is 387 g/mol. The lowest BCUT2D eigenvalue weighted by Gasteiger charge is -2.29. The van der Waals surface area contributed by atoms with Gasteiger partial charge in [0.25, 0.3) is 11.8 Å². The van der Waals surface area contributed by atoms with E-state index >= 15 is 0 Å². The molecule has 29 heavy (non-hydrogen) atoms. The molecule has 0 atom stereocenters. The Bertz CT molecular complexity index is 993. The molecule has 2 N–H and O–H groups in total. The number of benzene rings is 2. The van der Waals surface area contributed by atoms with Gasteiger partial charge in [0.2, 0.25) is 0 Å². The van der Waals surface area contributed by atoms with Crippen LogP contribution in [0.2, 0.25) is 0 Å². The number of urea groups is 1. The number of imide groups is 1. The van der Waals surface area contributed by atoms with Gasteiger partial charge in [-0.25, -0.2) is 4.79 Å². The minimum Gasteiger partial charge on any atom is -0.308 e. The molecule has 0 saturated carbocycles. The van der Waals surface area contributed by atoms with Crippen molar-refractivity contribution in [3.63, 3.8) is 0 Å². The molecule has 6 nitrogen and oxygen atoms in total. The lowest BCUT2D eigenvalue weighted by molar-refractivity contribution is -0.137. The van der Waals surface area contributed by atoms with E-state index in [0.29, 0.717) is 0 Å². The normalized spacial score (nSPS) is 14.1. The van der Waals surface area contributed by atoms with Gasteiger partial charge in [-0.15, -0.1) is 0 Å². The van der Waals surface area contributed by atoms with E-state index in [-0.39, 0.29) is 22.5 Å². The maximum absolute atomic E-state index is 12.6. The molecule has 0 unspecified atom stereocenters. The minimum absolute atomic E-state index is 0.168. The second-order valence-corrected chi connectivity index (χ2v) is 7.53. The molecule has 152 valence electrons. The second kappa shape index (κ2) is 6.91. The van der Waals surface area contributed by atoms with Crippen LogP contribution in [0.3, 0.4) is 0 Å². The van der Waals surface area contributed by atoms with Gasteiger partial charge in [-0.3, -0.25) is 14.5 Å². The van der Waals surface area contributed by atoms with Crippen LogP contribution in [0, 0.1) is 0 Å². The van der Waals surface area contributed by atoms with E-state index in [1.807, 2.05) is 0 Å². The number of hydrogen-bond acceptors (Lipinski definition) is 3. The van der Waals surface area contributed by atoms with Crippen molar-refractivity contribution in [1.29, 1.82) is 0 Å². The molecule has 0 bridgehead atoms. The summed E-state index contributed by atoms with van der Waals surface area (Å²) in [6.45, 7) is 5.22. The highest BCUT2D eigenvalue weighted by Crippen LogP contribution is 2.31. The molecule has 1 aliphatic rings. The third kappa shape index (κ3) is 4.08. The van der Waals surface area contributed by atoms with Gasteiger partial charge in [-0.2, -0.15) is 13.2 Å². The average molecular weight is 405 g/mol. The van der Waals surface area contributed by atoms with Gasteiger partial charge >= 0.3 is 12.2 Å². The predicted molar refractivity (Wildman–Crippen MR) is 101 cm³/mol. The summed E-state index contributed by atoms with van der Waals surface area (Å²) in [6.07, 6.45) is -4.46. The fourth-order valence-electron chi connectivity index (χ4n) is 2.96. The van der Waals surface area contributed by atoms with E-state index in [2.05, 4.69) is 10.6 Å². The Labute approximate surface area is 164 Å². The number of nitrogens with zero attached hydrogens (tertiary/aromatic N) is 1. The van der Waals surface area contributed by atoms with Crippen molar-refractivity contribution >= 4 is 29.2 Å². The van der Waals surface area contributed by atoms with Gasteiger partial charge in [0.05, 0.1) is 16.7 Å². The van der Waals surface area contributed by atoms with E-state index < -0.39 is 35.1 Å². The number of halogens is 3. The summed E-state index contributed by atoms with van der Waals surface area (Å²) in [4.78, 5) is 38.3. The first-order chi connectivity index (χ1) is 13.4. The lowest BCUT2D eigenvalue weighted by Crippen LogP contribution is -2.45. The van der Waals surface area contributed by atoms with Gasteiger partial charge in [-0.1, -0.05) is 0 Å². The van der Waals surface area contributed by atoms with Crippen molar-refractivity contribution in [1.82, 2.24) is 4.90 Å². The van der Waals surface area contributed by atoms with Crippen molar-refractivity contribution in [2.75, 3.05) is 10.6 Å². The molecule has 2 aromatic rings. The number of carbonyl (C=O) groups excluding carboxylic acids is 3. The minimum atomic E-state index is -4.46. The molecule has 2 aromatic carbocycles. The number of hydrogen-bond donors (Lipinski definition) is 2. The zero-order valence-electron chi connectivity index (χ0n) is 15.8. The van der Waals surface area contributed by atoms with Crippen molar-refractivity contribution in [3.8, 4) is 0 Å². The third-order valence-corrected chi connectivity index (χ3v) is 4.29. The van der Waals surface area contributed by atoms with Crippen LogP contribution in [0.1, 0.15) is 47.1 Å². The molecule has 0 spiro atoms. The van der Waals surface area contributed by atoms with Crippen molar-refractivity contribution in [3.05, 3.63) is 59.2 Å². The topological polar surface area (TPSA) is 78.5 Å². The van der Waals surface area contributed by atoms with Crippen LogP contribution >= 0.6 is 0 Å². The summed E-state index contributed by atoms with van der Waals surface area (Å²) in [5.74, 6) is -0.859. The Hall–Kier alpha value is -3.36. The van der Waals surface area contributed by atoms with Crippen molar-refractivity contribution < 1.29 is 27.6 Å². The van der Waals surface area contributed by atoms with E-state index in [0.717, 1.165) is 29.2 Å². The first-order valence-electron chi connectivity index (χ1n) is 8.66. The average Bonchev–Trinajstić information content (AvgIpc) is 2.85. The number of anilines is 2. The van der Waals surface area contributed by atoms with Crippen LogP contribution < -0.4 is 10.6 Å². The number of amides is 4. The van der Waals surface area contributed by atoms with Gasteiger partial charge < -0.3 is 10.6 Å². The van der Waals surface area contributed by atoms with E-state index in [1.54, 1.807) is 20.8 Å². The predicted octanol–water partition coefficient (Wildman–Crippen LogP) is 4.74. The molecule has 9 heteroatoms. The molecule has 1 aliphatic heterocycles. The van der Waals surface area contributed by atoms with Crippen molar-refractivity contribution in [2.24, 2.45) is 0 Å². The highest BCUT2D eigenvalue weighted by molar-refractivity contribution is 6.22. The van der Waals surface area contributed by atoms with E-state index in [9.17, 15) is 27.6 Å². The lowest BCUT2D eigenvalue weighted by atomic mass is 10.1. The summed E-state index contributed by atoms with van der Waals surface area (Å²) < 4.78 is 37.8. The third-order valence-electron chi connectivity index (χ3n) is 4.29. The fraction of sp³-hybridized carbons (Fsp3) is 0.250. The van der Waals surface area contributed by atoms with Gasteiger partial charge in [0.1, 0.15) is 0 Å². The molecule has 0 fully saturated rings. The number of alkyl halides is 3. The summed E-state index contributed by atoms with van der Waals surface area (Å²) in [6, 6.07) is 7.61. The Morgan fingerprint density at radius 2 is 1.34 bits per heavy atom. The molecule has 1 heterocycles. The van der Waals surface area contributed by atoms with Crippen LogP contribution in [-0.2, 0) is 6.18 Å². The van der Waals surface area contributed by atoms with E-state index in [1.165, 1.54) is 18.2 Å². The number of fused-ring (bicyclic) bond motifs is 1. The molecule has 3 rings (SSSR count). The van der Waals surface area contributed by atoms with Crippen LogP contribution in [0.25, 0.3) is 0 Å². The summed E-state index contributed by atoms with van der Waals surface area (Å²) in [5, 5.41) is 4.91. The Kier molecular flexibility index (Phi) is 4.86. The van der Waals surface area contributed by atoms with Gasteiger partial charge in [0, 0.05) is 16.9 Å². The first kappa shape index (κ1) is 20.4. The Balaban J connectivity index is 1.73. The van der Waals surface area contributed by atoms with Gasteiger partial charge in [0.15, 0.2) is 0 Å². The number of rotatable bonds is 2. The van der Waals surface area contributed by atoms with Crippen molar-refractivity contribution in [2.45, 2.75) is 32.5 Å². The number of nitrogens with one attached hydrogen (secondary N) is 2. The van der Waals surface area contributed by atoms with E-state index in [4.69, 9.17) is 0 Å². The zero-order valence-corrected chi connectivity index (χ0v) is 15.8. The summed E-state index contributed by atoms with van der Waals surface area (Å²) >= 11 is 0. The standard InChI is InChI=1S/C20H18F3N3O3/c1-19(2,3)26-16(27)14-9-8-13(10-15(14)17(26)28)25-18(29)24-12-6-4-11(5-7-12)20(21,22)23/h4-10H,1-3H3,(H2,24,25,29). The largest absolute Gasteiger partial charge is 0.416 e. The summed E-state index contributed by atoms with van der Waals surface area (Å²) in [7, 11) is 0. The summed E-state index contributed by atoms with van der Waals surface area (Å²) in [5.41, 5.74) is -0.655. The monoisotopic (exact) mass is 405 g/mol. The van der Waals surface area contributed by atoms with Crippen LogP contribution in [0.15, 0.2) is 42.5 Å². The smallest absolute Gasteiger partial charge is 0.308 e. The zero-order chi connectivity index (χ0) is 21.6. The molecule has 0 radical (unpaired) electrons. The molecule has 0 aromatic heterocycles. The molecule has 4 amide bonds. The fourth-order valence-corrected chi connectivity index (χ4v) is 2.96. The SMILES string of the molecule is CC(C)(C)N1C(=O)c2ccc(NC(=O)Nc3ccc(C(F)(F)F)cc3)cc2C1=O. The first-order valence-corrected chi connectivity index (χ1v) is 8.66. The molecular formula is C20H18F3N3O3. The quantitative estimate of drug-likeness (QED) is 0.708. The highest BCUT2D eigenvalue weighted by Gasteiger charge is 2.41. The maximum Gasteiger partial charge on any atom is 0.416 e. The van der Waals surface area contributed by atoms with Crippen LogP contribution in [0.4, 0.5) is 29.3 Å².